The molecule has 0 fully saturated rings. The van der Waals surface area contributed by atoms with Gasteiger partial charge in [0.25, 0.3) is 5.91 Å². The van der Waals surface area contributed by atoms with Gasteiger partial charge in [-0.15, -0.1) is 0 Å². The molecule has 0 radical (unpaired) electrons. The average molecular weight is 141 g/mol. The third kappa shape index (κ3) is 1.35. The SMILES string of the molecule is [2H]c1cc([2H])c([2H])c(C(=O)NC([2H])([2H])[2H])c1. The Kier molecular flexibility index (Phi) is 0.717. The van der Waals surface area contributed by atoms with Gasteiger partial charge in [0.05, 0.1) is 4.11 Å². The molecule has 0 aromatic heterocycles. The Bertz CT molecular complexity index is 427. The van der Waals surface area contributed by atoms with E-state index < -0.39 is 18.9 Å². The zero-order chi connectivity index (χ0) is 12.5. The van der Waals surface area contributed by atoms with Crippen LogP contribution in [0.5, 0.6) is 0 Å². The summed E-state index contributed by atoms with van der Waals surface area (Å²) in [5, 5.41) is 1.71. The molecule has 2 nitrogen and oxygen atoms in total. The number of carbonyl (C=O) groups excluding carboxylic acids is 1. The molecule has 0 aliphatic carbocycles. The molecule has 10 heavy (non-hydrogen) atoms. The number of amides is 1. The Balaban J connectivity index is 3.09. The molecule has 0 unspecified atom stereocenters. The third-order valence-electron chi connectivity index (χ3n) is 0.948. The first-order chi connectivity index (χ1) is 7.20. The molecule has 0 heterocycles. The molecule has 1 N–H and O–H groups in total. The van der Waals surface area contributed by atoms with Crippen LogP contribution in [0.2, 0.25) is 0 Å². The summed E-state index contributed by atoms with van der Waals surface area (Å²) in [5.74, 6) is -0.979. The average Bonchev–Trinajstić information content (AvgIpc) is 2.08. The third-order valence-corrected chi connectivity index (χ3v) is 0.948. The van der Waals surface area contributed by atoms with Crippen LogP contribution in [0, 0.1) is 0 Å². The highest BCUT2D eigenvalue weighted by molar-refractivity contribution is 5.93. The van der Waals surface area contributed by atoms with Crippen molar-refractivity contribution < 1.29 is 13.0 Å². The molecule has 0 atom stereocenters. The molecular formula is C8H9NO. The molecule has 0 bridgehead atoms. The summed E-state index contributed by atoms with van der Waals surface area (Å²) < 4.78 is 42.5. The molecule has 52 valence electrons. The molecule has 0 saturated heterocycles. The minimum Gasteiger partial charge on any atom is -0.355 e. The predicted octanol–water partition coefficient (Wildman–Crippen LogP) is 1.05. The van der Waals surface area contributed by atoms with Crippen molar-refractivity contribution in [1.29, 1.82) is 0 Å². The van der Waals surface area contributed by atoms with Crippen molar-refractivity contribution in [2.24, 2.45) is 0 Å². The molecule has 1 amide bonds. The van der Waals surface area contributed by atoms with E-state index in [4.69, 9.17) is 8.22 Å². The zero-order valence-corrected chi connectivity index (χ0v) is 5.06. The fraction of sp³-hybridized carbons (Fsp3) is 0.125. The molecular weight excluding hydrogens is 126 g/mol. The number of benzene rings is 1. The Morgan fingerprint density at radius 1 is 1.80 bits per heavy atom. The Hall–Kier alpha value is -1.31. The van der Waals surface area contributed by atoms with Crippen LogP contribution in [0.1, 0.15) is 18.6 Å². The van der Waals surface area contributed by atoms with E-state index in [0.717, 1.165) is 12.1 Å². The van der Waals surface area contributed by atoms with Gasteiger partial charge in [-0.25, -0.2) is 0 Å². The lowest BCUT2D eigenvalue weighted by molar-refractivity contribution is 0.0963. The number of hydrogen-bond donors (Lipinski definition) is 1. The normalized spacial score (nSPS) is 18.8. The van der Waals surface area contributed by atoms with Crippen molar-refractivity contribution in [2.75, 3.05) is 6.98 Å². The van der Waals surface area contributed by atoms with Gasteiger partial charge in [-0.3, -0.25) is 4.79 Å². The van der Waals surface area contributed by atoms with Crippen LogP contribution in [0.4, 0.5) is 0 Å². The Labute approximate surface area is 68.3 Å². The van der Waals surface area contributed by atoms with E-state index in [2.05, 4.69) is 0 Å². The zero-order valence-electron chi connectivity index (χ0n) is 11.1. The number of carbonyl (C=O) groups is 1. The summed E-state index contributed by atoms with van der Waals surface area (Å²) in [4.78, 5) is 11.4. The molecule has 1 aromatic rings. The maximum atomic E-state index is 11.4. The van der Waals surface area contributed by atoms with Gasteiger partial charge in [-0.1, -0.05) is 18.2 Å². The second-order valence-electron chi connectivity index (χ2n) is 1.59. The van der Waals surface area contributed by atoms with Crippen LogP contribution in [-0.4, -0.2) is 12.9 Å². The summed E-state index contributed by atoms with van der Waals surface area (Å²) in [6.45, 7) is -2.65. The van der Waals surface area contributed by atoms with E-state index in [1.165, 1.54) is 0 Å². The second kappa shape index (κ2) is 3.01. The topological polar surface area (TPSA) is 29.1 Å². The maximum Gasteiger partial charge on any atom is 0.251 e. The van der Waals surface area contributed by atoms with Crippen LogP contribution >= 0.6 is 0 Å². The van der Waals surface area contributed by atoms with Crippen LogP contribution in [0.25, 0.3) is 0 Å². The standard InChI is InChI=1S/C8H9NO/c1-9-8(10)7-5-3-2-4-6-7/h2-6H,1H3,(H,9,10)/i1D3,3D,4D,5D. The van der Waals surface area contributed by atoms with Crippen LogP contribution in [0.3, 0.4) is 0 Å². The molecule has 1 rings (SSSR count). The molecule has 0 saturated carbocycles. The summed E-state index contributed by atoms with van der Waals surface area (Å²) in [7, 11) is 0. The lowest BCUT2D eigenvalue weighted by atomic mass is 10.2. The minimum absolute atomic E-state index is 0.114. The first-order valence-electron chi connectivity index (χ1n) is 5.61. The minimum atomic E-state index is -2.65. The van der Waals surface area contributed by atoms with E-state index >= 15 is 0 Å². The number of nitrogens with one attached hydrogen (secondary N) is 1. The van der Waals surface area contributed by atoms with Gasteiger partial charge >= 0.3 is 0 Å². The fourth-order valence-electron chi connectivity index (χ4n) is 0.506. The van der Waals surface area contributed by atoms with Crippen molar-refractivity contribution in [3.63, 3.8) is 0 Å². The van der Waals surface area contributed by atoms with E-state index in [-0.39, 0.29) is 17.6 Å². The molecule has 1 aromatic carbocycles. The van der Waals surface area contributed by atoms with Gasteiger partial charge in [0, 0.05) is 16.7 Å². The number of rotatable bonds is 1. The second-order valence-corrected chi connectivity index (χ2v) is 1.59. The van der Waals surface area contributed by atoms with Gasteiger partial charge in [-0.05, 0) is 12.1 Å². The van der Waals surface area contributed by atoms with Crippen molar-refractivity contribution in [1.82, 2.24) is 5.32 Å². The maximum absolute atomic E-state index is 11.4. The van der Waals surface area contributed by atoms with Gasteiger partial charge in [0.1, 0.15) is 0 Å². The largest absolute Gasteiger partial charge is 0.355 e. The fourth-order valence-corrected chi connectivity index (χ4v) is 0.506. The van der Waals surface area contributed by atoms with Gasteiger partial charge in [0.15, 0.2) is 0 Å². The van der Waals surface area contributed by atoms with Crippen molar-refractivity contribution in [3.05, 3.63) is 35.8 Å². The molecule has 0 aliphatic rings. The van der Waals surface area contributed by atoms with E-state index in [1.54, 1.807) is 5.32 Å². The summed E-state index contributed by atoms with van der Waals surface area (Å²) >= 11 is 0. The Morgan fingerprint density at radius 2 is 2.70 bits per heavy atom. The van der Waals surface area contributed by atoms with Gasteiger partial charge < -0.3 is 5.32 Å². The van der Waals surface area contributed by atoms with E-state index in [1.807, 2.05) is 0 Å². The first kappa shape index (κ1) is 2.38. The smallest absolute Gasteiger partial charge is 0.251 e. The summed E-state index contributed by atoms with van der Waals surface area (Å²) in [5.41, 5.74) is -0.284. The van der Waals surface area contributed by atoms with Gasteiger partial charge in [-0.2, -0.15) is 0 Å². The van der Waals surface area contributed by atoms with Crippen LogP contribution < -0.4 is 5.32 Å². The van der Waals surface area contributed by atoms with E-state index in [0.29, 0.717) is 0 Å². The van der Waals surface area contributed by atoms with E-state index in [9.17, 15) is 4.79 Å². The van der Waals surface area contributed by atoms with Crippen LogP contribution in [-0.2, 0) is 0 Å². The van der Waals surface area contributed by atoms with Crippen molar-refractivity contribution in [3.8, 4) is 0 Å². The van der Waals surface area contributed by atoms with Gasteiger partial charge in [0.2, 0.25) is 0 Å². The quantitative estimate of drug-likeness (QED) is 0.622. The molecule has 2 heteroatoms. The lowest BCUT2D eigenvalue weighted by Gasteiger charge is -1.96. The molecule has 0 spiro atoms. The summed E-state index contributed by atoms with van der Waals surface area (Å²) in [6, 6.07) is 1.37. The lowest BCUT2D eigenvalue weighted by Crippen LogP contribution is -2.17. The highest BCUT2D eigenvalue weighted by Crippen LogP contribution is 1.96. The molecule has 0 aliphatic heterocycles. The predicted molar refractivity (Wildman–Crippen MR) is 39.8 cm³/mol. The highest BCUT2D eigenvalue weighted by atomic mass is 16.1. The monoisotopic (exact) mass is 141 g/mol. The number of hydrogen-bond acceptors (Lipinski definition) is 1. The summed E-state index contributed by atoms with van der Waals surface area (Å²) in [6.07, 6.45) is 0. The van der Waals surface area contributed by atoms with Crippen molar-refractivity contribution >= 4 is 5.91 Å². The highest BCUT2D eigenvalue weighted by Gasteiger charge is 1.97. The first-order valence-corrected chi connectivity index (χ1v) is 2.61. The Morgan fingerprint density at radius 3 is 3.50 bits per heavy atom. The van der Waals surface area contributed by atoms with Crippen molar-refractivity contribution in [2.45, 2.75) is 0 Å². The van der Waals surface area contributed by atoms with Crippen LogP contribution in [0.15, 0.2) is 30.3 Å².